The number of hydrogen-bond acceptors (Lipinski definition) is 1. The van der Waals surface area contributed by atoms with E-state index in [1.165, 1.54) is 16.7 Å². The molecule has 0 spiro atoms. The third kappa shape index (κ3) is 6.55. The van der Waals surface area contributed by atoms with Gasteiger partial charge in [-0.1, -0.05) is 54.6 Å². The van der Waals surface area contributed by atoms with Gasteiger partial charge in [0, 0.05) is 13.1 Å². The fraction of sp³-hybridized carbons (Fsp3) is 0.350. The van der Waals surface area contributed by atoms with Gasteiger partial charge in [-0.3, -0.25) is 0 Å². The van der Waals surface area contributed by atoms with E-state index in [1.807, 2.05) is 18.2 Å². The average Bonchev–Trinajstić information content (AvgIpc) is 2.57. The molecular weight excluding hydrogens is 284 g/mol. The van der Waals surface area contributed by atoms with Crippen LogP contribution in [0.25, 0.3) is 0 Å². The van der Waals surface area contributed by atoms with Crippen LogP contribution in [-0.4, -0.2) is 19.1 Å². The quantitative estimate of drug-likeness (QED) is 0.714. The Labute approximate surface area is 139 Å². The Kier molecular flexibility index (Phi) is 7.18. The Balaban J connectivity index is 1.53. The molecule has 0 fully saturated rings. The van der Waals surface area contributed by atoms with E-state index in [0.29, 0.717) is 6.54 Å². The van der Waals surface area contributed by atoms with Gasteiger partial charge in [0.2, 0.25) is 0 Å². The predicted molar refractivity (Wildman–Crippen MR) is 95.7 cm³/mol. The smallest absolute Gasteiger partial charge is 0.314 e. The van der Waals surface area contributed by atoms with Gasteiger partial charge >= 0.3 is 6.03 Å². The molecule has 2 amide bonds. The minimum absolute atomic E-state index is 0.0710. The highest BCUT2D eigenvalue weighted by molar-refractivity contribution is 5.73. The lowest BCUT2D eigenvalue weighted by Gasteiger charge is -2.09. The van der Waals surface area contributed by atoms with Crippen molar-refractivity contribution in [3.05, 3.63) is 71.3 Å². The molecule has 0 radical (unpaired) electrons. The third-order valence-corrected chi connectivity index (χ3v) is 3.96. The summed E-state index contributed by atoms with van der Waals surface area (Å²) in [5, 5.41) is 5.84. The highest BCUT2D eigenvalue weighted by atomic mass is 16.2. The minimum atomic E-state index is -0.0710. The van der Waals surface area contributed by atoms with Crippen LogP contribution in [0.1, 0.15) is 29.5 Å². The van der Waals surface area contributed by atoms with Crippen molar-refractivity contribution in [1.82, 2.24) is 10.6 Å². The van der Waals surface area contributed by atoms with Crippen molar-refractivity contribution in [3.8, 4) is 0 Å². The van der Waals surface area contributed by atoms with E-state index in [2.05, 4.69) is 54.0 Å². The molecule has 0 aromatic heterocycles. The highest BCUT2D eigenvalue weighted by Crippen LogP contribution is 2.06. The number of urea groups is 1. The zero-order valence-corrected chi connectivity index (χ0v) is 13.8. The van der Waals surface area contributed by atoms with Crippen molar-refractivity contribution >= 4 is 6.03 Å². The zero-order chi connectivity index (χ0) is 16.3. The first-order valence-electron chi connectivity index (χ1n) is 8.36. The molecule has 2 aromatic rings. The van der Waals surface area contributed by atoms with E-state index >= 15 is 0 Å². The van der Waals surface area contributed by atoms with Crippen LogP contribution in [0.3, 0.4) is 0 Å². The summed E-state index contributed by atoms with van der Waals surface area (Å²) in [5.41, 5.74) is 3.92. The van der Waals surface area contributed by atoms with E-state index < -0.39 is 0 Å². The van der Waals surface area contributed by atoms with E-state index in [1.54, 1.807) is 0 Å². The minimum Gasteiger partial charge on any atom is -0.338 e. The van der Waals surface area contributed by atoms with Gasteiger partial charge in [0.05, 0.1) is 0 Å². The first-order chi connectivity index (χ1) is 11.3. The second kappa shape index (κ2) is 9.67. The Hall–Kier alpha value is -2.29. The second-order valence-electron chi connectivity index (χ2n) is 5.80. The largest absolute Gasteiger partial charge is 0.338 e. The fourth-order valence-corrected chi connectivity index (χ4v) is 2.56. The molecule has 3 heteroatoms. The lowest BCUT2D eigenvalue weighted by atomic mass is 10.1. The molecule has 0 heterocycles. The first-order valence-corrected chi connectivity index (χ1v) is 8.36. The summed E-state index contributed by atoms with van der Waals surface area (Å²) in [7, 11) is 0. The van der Waals surface area contributed by atoms with Crippen molar-refractivity contribution in [1.29, 1.82) is 0 Å². The number of aryl methyl sites for hydroxylation is 2. The zero-order valence-electron chi connectivity index (χ0n) is 13.8. The van der Waals surface area contributed by atoms with Crippen LogP contribution in [-0.2, 0) is 12.8 Å². The predicted octanol–water partition coefficient (Wildman–Crippen LogP) is 3.86. The van der Waals surface area contributed by atoms with Gasteiger partial charge in [0.15, 0.2) is 0 Å². The maximum Gasteiger partial charge on any atom is 0.314 e. The molecule has 23 heavy (non-hydrogen) atoms. The molecule has 0 saturated carbocycles. The first kappa shape index (κ1) is 17.1. The number of unbranched alkanes of at least 4 members (excludes halogenated alkanes) is 1. The molecule has 0 aliphatic heterocycles. The van der Waals surface area contributed by atoms with Crippen LogP contribution in [0.15, 0.2) is 54.6 Å². The molecular formula is C20H26N2O. The Morgan fingerprint density at radius 3 is 2.30 bits per heavy atom. The Bertz CT molecular complexity index is 596. The number of carbonyl (C=O) groups is 1. The molecule has 3 nitrogen and oxygen atoms in total. The summed E-state index contributed by atoms with van der Waals surface area (Å²) in [6, 6.07) is 18.7. The van der Waals surface area contributed by atoms with Crippen LogP contribution in [0.5, 0.6) is 0 Å². The number of rotatable bonds is 8. The van der Waals surface area contributed by atoms with Gasteiger partial charge in [-0.25, -0.2) is 4.79 Å². The highest BCUT2D eigenvalue weighted by Gasteiger charge is 2.01. The summed E-state index contributed by atoms with van der Waals surface area (Å²) >= 11 is 0. The summed E-state index contributed by atoms with van der Waals surface area (Å²) in [5.74, 6) is 0. The topological polar surface area (TPSA) is 41.1 Å². The second-order valence-corrected chi connectivity index (χ2v) is 5.80. The number of nitrogens with one attached hydrogen (secondary N) is 2. The Morgan fingerprint density at radius 1 is 0.826 bits per heavy atom. The van der Waals surface area contributed by atoms with Gasteiger partial charge in [0.1, 0.15) is 0 Å². The summed E-state index contributed by atoms with van der Waals surface area (Å²) in [4.78, 5) is 11.7. The van der Waals surface area contributed by atoms with Crippen LogP contribution in [0, 0.1) is 6.92 Å². The maximum absolute atomic E-state index is 11.7. The monoisotopic (exact) mass is 310 g/mol. The van der Waals surface area contributed by atoms with Crippen molar-refractivity contribution in [2.75, 3.05) is 13.1 Å². The molecule has 0 unspecified atom stereocenters. The molecule has 0 aliphatic rings. The number of carbonyl (C=O) groups excluding carboxylic acids is 1. The summed E-state index contributed by atoms with van der Waals surface area (Å²) in [6.45, 7) is 3.49. The lowest BCUT2D eigenvalue weighted by molar-refractivity contribution is 0.241. The fourth-order valence-electron chi connectivity index (χ4n) is 2.56. The van der Waals surface area contributed by atoms with Crippen LogP contribution in [0.4, 0.5) is 4.79 Å². The van der Waals surface area contributed by atoms with Gasteiger partial charge in [-0.15, -0.1) is 0 Å². The number of benzene rings is 2. The van der Waals surface area contributed by atoms with Crippen molar-refractivity contribution in [3.63, 3.8) is 0 Å². The maximum atomic E-state index is 11.7. The standard InChI is InChI=1S/C20H26N2O/c1-17-9-5-6-13-19(17)14-16-22-20(23)21-15-8-7-12-18-10-3-2-4-11-18/h2-6,9-11,13H,7-8,12,14-16H2,1H3,(H2,21,22,23). The molecule has 0 saturated heterocycles. The van der Waals surface area contributed by atoms with E-state index in [4.69, 9.17) is 0 Å². The molecule has 2 aromatic carbocycles. The lowest BCUT2D eigenvalue weighted by Crippen LogP contribution is -2.37. The third-order valence-electron chi connectivity index (χ3n) is 3.96. The number of amides is 2. The van der Waals surface area contributed by atoms with E-state index in [9.17, 15) is 4.79 Å². The van der Waals surface area contributed by atoms with Crippen LogP contribution in [0.2, 0.25) is 0 Å². The van der Waals surface area contributed by atoms with Crippen LogP contribution < -0.4 is 10.6 Å². The molecule has 122 valence electrons. The van der Waals surface area contributed by atoms with Crippen molar-refractivity contribution in [2.24, 2.45) is 0 Å². The van der Waals surface area contributed by atoms with E-state index in [0.717, 1.165) is 32.2 Å². The van der Waals surface area contributed by atoms with Crippen LogP contribution >= 0.6 is 0 Å². The normalized spacial score (nSPS) is 10.3. The van der Waals surface area contributed by atoms with Gasteiger partial charge in [-0.05, 0) is 49.3 Å². The van der Waals surface area contributed by atoms with Gasteiger partial charge in [-0.2, -0.15) is 0 Å². The van der Waals surface area contributed by atoms with E-state index in [-0.39, 0.29) is 6.03 Å². The van der Waals surface area contributed by atoms with Crippen molar-refractivity contribution < 1.29 is 4.79 Å². The Morgan fingerprint density at radius 2 is 1.52 bits per heavy atom. The molecule has 0 bridgehead atoms. The average molecular weight is 310 g/mol. The number of hydrogen-bond donors (Lipinski definition) is 2. The SMILES string of the molecule is Cc1ccccc1CCNC(=O)NCCCCc1ccccc1. The molecule has 2 rings (SSSR count). The van der Waals surface area contributed by atoms with Gasteiger partial charge in [0.25, 0.3) is 0 Å². The summed E-state index contributed by atoms with van der Waals surface area (Å²) < 4.78 is 0. The van der Waals surface area contributed by atoms with Gasteiger partial charge < -0.3 is 10.6 Å². The summed E-state index contributed by atoms with van der Waals surface area (Å²) in [6.07, 6.45) is 4.03. The van der Waals surface area contributed by atoms with Crippen molar-refractivity contribution in [2.45, 2.75) is 32.6 Å². The molecule has 0 aliphatic carbocycles. The molecule has 0 atom stereocenters. The molecule has 2 N–H and O–H groups in total.